The lowest BCUT2D eigenvalue weighted by Gasteiger charge is -2.10. The number of hydrazine groups is 1. The van der Waals surface area contributed by atoms with E-state index in [0.29, 0.717) is 5.69 Å². The number of hydrogen-bond donors (Lipinski definition) is 3. The minimum Gasteiger partial charge on any atom is -0.397 e. The molecule has 6 heteroatoms. The molecule has 0 spiro atoms. The molecule has 1 heterocycles. The fourth-order valence-electron chi connectivity index (χ4n) is 0.863. The molecule has 0 radical (unpaired) electrons. The van der Waals surface area contributed by atoms with E-state index in [1.807, 2.05) is 0 Å². The second kappa shape index (κ2) is 4.83. The third-order valence-electron chi connectivity index (χ3n) is 1.63. The van der Waals surface area contributed by atoms with Gasteiger partial charge < -0.3 is 5.73 Å². The molecular weight excluding hydrogens is 200 g/mol. The maximum Gasteiger partial charge on any atom is 0.247 e. The summed E-state index contributed by atoms with van der Waals surface area (Å²) in [6, 6.07) is 1.76. The van der Waals surface area contributed by atoms with E-state index in [2.05, 4.69) is 10.4 Å². The topological polar surface area (TPSA) is 94.0 Å². The Morgan fingerprint density at radius 1 is 1.71 bits per heavy atom. The summed E-state index contributed by atoms with van der Waals surface area (Å²) in [7, 11) is 0. The Morgan fingerprint density at radius 3 is 3.00 bits per heavy atom. The summed E-state index contributed by atoms with van der Waals surface area (Å²) in [6.07, 6.45) is 3.18. The summed E-state index contributed by atoms with van der Waals surface area (Å²) < 4.78 is 0. The van der Waals surface area contributed by atoms with Gasteiger partial charge in [-0.25, -0.2) is 5.84 Å². The molecule has 0 aromatic carbocycles. The van der Waals surface area contributed by atoms with Gasteiger partial charge in [0.25, 0.3) is 0 Å². The Balaban J connectivity index is 2.69. The van der Waals surface area contributed by atoms with Crippen LogP contribution in [0, 0.1) is 0 Å². The summed E-state index contributed by atoms with van der Waals surface area (Å²) in [6.45, 7) is 1.76. The zero-order chi connectivity index (χ0) is 10.6. The van der Waals surface area contributed by atoms with Gasteiger partial charge in [-0.05, 0) is 13.0 Å². The molecule has 14 heavy (non-hydrogen) atoms. The fourth-order valence-corrected chi connectivity index (χ4v) is 1.75. The zero-order valence-electron chi connectivity index (χ0n) is 7.73. The van der Waals surface area contributed by atoms with Crippen molar-refractivity contribution in [3.05, 3.63) is 18.5 Å². The summed E-state index contributed by atoms with van der Waals surface area (Å²) in [4.78, 5) is 15.8. The monoisotopic (exact) mass is 212 g/mol. The van der Waals surface area contributed by atoms with E-state index < -0.39 is 0 Å². The quantitative estimate of drug-likeness (QED) is 0.287. The normalized spacial score (nSPS) is 12.1. The molecule has 1 rings (SSSR count). The van der Waals surface area contributed by atoms with Crippen LogP contribution in [-0.2, 0) is 4.79 Å². The highest BCUT2D eigenvalue weighted by atomic mass is 32.2. The number of anilines is 1. The number of carbonyl (C=O) groups is 1. The highest BCUT2D eigenvalue weighted by Crippen LogP contribution is 2.27. The van der Waals surface area contributed by atoms with Crippen LogP contribution < -0.4 is 17.0 Å². The predicted molar refractivity (Wildman–Crippen MR) is 56.3 cm³/mol. The van der Waals surface area contributed by atoms with Crippen molar-refractivity contribution >= 4 is 23.4 Å². The number of nitrogens with one attached hydrogen (secondary N) is 1. The second-order valence-electron chi connectivity index (χ2n) is 2.68. The van der Waals surface area contributed by atoms with Gasteiger partial charge in [-0.3, -0.25) is 15.2 Å². The van der Waals surface area contributed by atoms with Crippen molar-refractivity contribution in [3.8, 4) is 0 Å². The number of aromatic nitrogens is 1. The number of rotatable bonds is 3. The van der Waals surface area contributed by atoms with Crippen LogP contribution in [0.5, 0.6) is 0 Å². The molecule has 1 aromatic heterocycles. The van der Waals surface area contributed by atoms with Crippen molar-refractivity contribution in [1.29, 1.82) is 0 Å². The van der Waals surface area contributed by atoms with Crippen LogP contribution in [0.15, 0.2) is 23.4 Å². The van der Waals surface area contributed by atoms with E-state index in [1.165, 1.54) is 11.8 Å². The Bertz CT molecular complexity index is 331. The highest BCUT2D eigenvalue weighted by molar-refractivity contribution is 8.00. The van der Waals surface area contributed by atoms with E-state index in [1.54, 1.807) is 25.4 Å². The number of pyridine rings is 1. The molecule has 0 saturated carbocycles. The zero-order valence-corrected chi connectivity index (χ0v) is 8.54. The number of carbonyl (C=O) groups excluding carboxylic acids is 1. The molecule has 0 bridgehead atoms. The van der Waals surface area contributed by atoms with Gasteiger partial charge in [0.05, 0.1) is 17.1 Å². The van der Waals surface area contributed by atoms with Crippen molar-refractivity contribution in [3.63, 3.8) is 0 Å². The minimum atomic E-state index is -0.273. The maximum absolute atomic E-state index is 11.1. The van der Waals surface area contributed by atoms with Gasteiger partial charge in [-0.1, -0.05) is 0 Å². The van der Waals surface area contributed by atoms with Crippen LogP contribution in [0.3, 0.4) is 0 Å². The Morgan fingerprint density at radius 2 is 2.43 bits per heavy atom. The second-order valence-corrected chi connectivity index (χ2v) is 4.06. The van der Waals surface area contributed by atoms with Crippen molar-refractivity contribution in [1.82, 2.24) is 10.4 Å². The van der Waals surface area contributed by atoms with E-state index in [0.717, 1.165) is 4.90 Å². The first-order chi connectivity index (χ1) is 6.65. The van der Waals surface area contributed by atoms with Crippen LogP contribution >= 0.6 is 11.8 Å². The van der Waals surface area contributed by atoms with Crippen molar-refractivity contribution in [2.45, 2.75) is 17.1 Å². The molecular formula is C8H12N4OS. The Hall–Kier alpha value is -1.27. The molecule has 1 atom stereocenters. The fraction of sp³-hybridized carbons (Fsp3) is 0.250. The maximum atomic E-state index is 11.1. The van der Waals surface area contributed by atoms with Crippen LogP contribution in [0.1, 0.15) is 6.92 Å². The van der Waals surface area contributed by atoms with Gasteiger partial charge in [-0.15, -0.1) is 11.8 Å². The number of nitrogen functional groups attached to an aromatic ring is 1. The molecule has 0 aliphatic heterocycles. The molecule has 1 amide bonds. The number of nitrogens with two attached hydrogens (primary N) is 2. The highest BCUT2D eigenvalue weighted by Gasteiger charge is 2.13. The molecule has 0 fully saturated rings. The summed E-state index contributed by atoms with van der Waals surface area (Å²) in [5.41, 5.74) is 8.32. The van der Waals surface area contributed by atoms with Gasteiger partial charge in [0.15, 0.2) is 0 Å². The lowest BCUT2D eigenvalue weighted by molar-refractivity contribution is -0.120. The number of nitrogens with zero attached hydrogens (tertiary/aromatic N) is 1. The van der Waals surface area contributed by atoms with Crippen LogP contribution in [-0.4, -0.2) is 16.1 Å². The molecule has 0 aliphatic carbocycles. The summed E-state index contributed by atoms with van der Waals surface area (Å²) >= 11 is 1.35. The van der Waals surface area contributed by atoms with Crippen LogP contribution in [0.25, 0.3) is 0 Å². The van der Waals surface area contributed by atoms with E-state index in [4.69, 9.17) is 11.6 Å². The summed E-state index contributed by atoms with van der Waals surface area (Å²) in [5.74, 6) is 4.78. The Kier molecular flexibility index (Phi) is 3.73. The van der Waals surface area contributed by atoms with Gasteiger partial charge >= 0.3 is 0 Å². The van der Waals surface area contributed by atoms with Crippen molar-refractivity contribution < 1.29 is 4.79 Å². The van der Waals surface area contributed by atoms with E-state index >= 15 is 0 Å². The molecule has 1 unspecified atom stereocenters. The van der Waals surface area contributed by atoms with E-state index in [9.17, 15) is 4.79 Å². The van der Waals surface area contributed by atoms with Crippen LogP contribution in [0.2, 0.25) is 0 Å². The van der Waals surface area contributed by atoms with Crippen molar-refractivity contribution in [2.24, 2.45) is 5.84 Å². The predicted octanol–water partition coefficient (Wildman–Crippen LogP) is 0.134. The number of amides is 1. The van der Waals surface area contributed by atoms with Gasteiger partial charge in [0, 0.05) is 11.1 Å². The molecule has 0 saturated heterocycles. The standard InChI is InChI=1S/C8H12N4OS/c1-5(8(13)12-10)14-7-2-3-11-4-6(7)9/h2-5H,9-10H2,1H3,(H,12,13). The molecule has 5 nitrogen and oxygen atoms in total. The van der Waals surface area contributed by atoms with E-state index in [-0.39, 0.29) is 11.2 Å². The number of hydrogen-bond acceptors (Lipinski definition) is 5. The first kappa shape index (κ1) is 10.8. The Labute approximate surface area is 86.2 Å². The summed E-state index contributed by atoms with van der Waals surface area (Å²) in [5, 5.41) is -0.273. The molecule has 76 valence electrons. The minimum absolute atomic E-state index is 0.230. The first-order valence-electron chi connectivity index (χ1n) is 4.01. The average molecular weight is 212 g/mol. The lowest BCUT2D eigenvalue weighted by Crippen LogP contribution is -2.36. The molecule has 1 aromatic rings. The van der Waals surface area contributed by atoms with Crippen LogP contribution in [0.4, 0.5) is 5.69 Å². The third-order valence-corrected chi connectivity index (χ3v) is 2.82. The first-order valence-corrected chi connectivity index (χ1v) is 4.89. The van der Waals surface area contributed by atoms with Crippen molar-refractivity contribution in [2.75, 3.05) is 5.73 Å². The average Bonchev–Trinajstić information content (AvgIpc) is 2.20. The van der Waals surface area contributed by atoms with Gasteiger partial charge in [0.1, 0.15) is 0 Å². The smallest absolute Gasteiger partial charge is 0.247 e. The molecule has 0 aliphatic rings. The lowest BCUT2D eigenvalue weighted by atomic mass is 10.4. The largest absolute Gasteiger partial charge is 0.397 e. The van der Waals surface area contributed by atoms with Gasteiger partial charge in [0.2, 0.25) is 5.91 Å². The SMILES string of the molecule is CC(Sc1ccncc1N)C(=O)NN. The third kappa shape index (κ3) is 2.61. The van der Waals surface area contributed by atoms with Gasteiger partial charge in [-0.2, -0.15) is 0 Å². The number of thioether (sulfide) groups is 1. The molecule has 5 N–H and O–H groups in total.